The Bertz CT molecular complexity index is 86.2. The highest BCUT2D eigenvalue weighted by molar-refractivity contribution is 6.50. The standard InChI is InChI=1S/C8H20O2Si/c1-8(9)6-4-5-7-11(3)10-2/h8-9,11H,4-7H2,1-3H3. The lowest BCUT2D eigenvalue weighted by molar-refractivity contribution is 0.181. The SMILES string of the molecule is CO[SiH](C)CCCCC(C)O. The smallest absolute Gasteiger partial charge is 0.173 e. The van der Waals surface area contributed by atoms with Crippen molar-refractivity contribution in [1.82, 2.24) is 0 Å². The first kappa shape index (κ1) is 11.1. The van der Waals surface area contributed by atoms with Gasteiger partial charge in [-0.2, -0.15) is 0 Å². The van der Waals surface area contributed by atoms with Crippen molar-refractivity contribution in [1.29, 1.82) is 0 Å². The Hall–Kier alpha value is 0.137. The summed E-state index contributed by atoms with van der Waals surface area (Å²) in [5.41, 5.74) is 0. The second-order valence-corrected chi connectivity index (χ2v) is 5.85. The van der Waals surface area contributed by atoms with Crippen molar-refractivity contribution in [3.05, 3.63) is 0 Å². The highest BCUT2D eigenvalue weighted by Gasteiger charge is 2.02. The van der Waals surface area contributed by atoms with Crippen LogP contribution in [-0.2, 0) is 4.43 Å². The fraction of sp³-hybridized carbons (Fsp3) is 1.00. The zero-order chi connectivity index (χ0) is 8.69. The molecule has 1 N–H and O–H groups in total. The van der Waals surface area contributed by atoms with Crippen molar-refractivity contribution in [2.24, 2.45) is 0 Å². The Morgan fingerprint density at radius 2 is 2.09 bits per heavy atom. The molecule has 0 saturated carbocycles. The molecule has 2 unspecified atom stereocenters. The molecule has 0 saturated heterocycles. The van der Waals surface area contributed by atoms with E-state index in [0.717, 1.165) is 12.8 Å². The minimum Gasteiger partial charge on any atom is -0.423 e. The van der Waals surface area contributed by atoms with Gasteiger partial charge in [0.25, 0.3) is 0 Å². The van der Waals surface area contributed by atoms with E-state index in [0.29, 0.717) is 0 Å². The second kappa shape index (κ2) is 6.82. The molecule has 2 nitrogen and oxygen atoms in total. The molecule has 0 aliphatic rings. The molecule has 0 amide bonds. The number of unbranched alkanes of at least 4 members (excludes halogenated alkanes) is 1. The summed E-state index contributed by atoms with van der Waals surface area (Å²) in [5, 5.41) is 8.95. The number of hydrogen-bond acceptors (Lipinski definition) is 2. The van der Waals surface area contributed by atoms with Gasteiger partial charge in [0, 0.05) is 7.11 Å². The van der Waals surface area contributed by atoms with Crippen LogP contribution in [0.4, 0.5) is 0 Å². The number of hydrogen-bond donors (Lipinski definition) is 1. The Morgan fingerprint density at radius 1 is 1.45 bits per heavy atom. The van der Waals surface area contributed by atoms with Crippen molar-refractivity contribution in [3.63, 3.8) is 0 Å². The second-order valence-electron chi connectivity index (χ2n) is 3.18. The minimum absolute atomic E-state index is 0.130. The van der Waals surface area contributed by atoms with E-state index in [1.807, 2.05) is 6.92 Å². The van der Waals surface area contributed by atoms with Crippen molar-refractivity contribution in [2.75, 3.05) is 7.11 Å². The van der Waals surface area contributed by atoms with E-state index in [1.54, 1.807) is 7.11 Å². The fourth-order valence-electron chi connectivity index (χ4n) is 0.989. The molecule has 0 bridgehead atoms. The zero-order valence-corrected chi connectivity index (χ0v) is 8.99. The molecule has 0 aromatic rings. The maximum atomic E-state index is 8.95. The van der Waals surface area contributed by atoms with Crippen molar-refractivity contribution in [2.45, 2.75) is 44.9 Å². The van der Waals surface area contributed by atoms with Crippen LogP contribution in [0.25, 0.3) is 0 Å². The third-order valence-corrected chi connectivity index (χ3v) is 3.91. The van der Waals surface area contributed by atoms with Gasteiger partial charge in [-0.25, -0.2) is 0 Å². The Balaban J connectivity index is 3.01. The number of aliphatic hydroxyl groups excluding tert-OH is 1. The van der Waals surface area contributed by atoms with Crippen LogP contribution < -0.4 is 0 Å². The predicted octanol–water partition coefficient (Wildman–Crippen LogP) is 1.54. The predicted molar refractivity (Wildman–Crippen MR) is 50.4 cm³/mol. The Morgan fingerprint density at radius 3 is 2.55 bits per heavy atom. The van der Waals surface area contributed by atoms with E-state index < -0.39 is 9.04 Å². The summed E-state index contributed by atoms with van der Waals surface area (Å²) in [4.78, 5) is 0. The highest BCUT2D eigenvalue weighted by atomic mass is 28.3. The summed E-state index contributed by atoms with van der Waals surface area (Å²) >= 11 is 0. The fourth-order valence-corrected chi connectivity index (χ4v) is 2.09. The van der Waals surface area contributed by atoms with Crippen molar-refractivity contribution < 1.29 is 9.53 Å². The summed E-state index contributed by atoms with van der Waals surface area (Å²) in [5.74, 6) is 0. The van der Waals surface area contributed by atoms with E-state index in [2.05, 4.69) is 6.55 Å². The number of aliphatic hydroxyl groups is 1. The molecular formula is C8H20O2Si. The van der Waals surface area contributed by atoms with Crippen LogP contribution in [0.5, 0.6) is 0 Å². The van der Waals surface area contributed by atoms with Crippen LogP contribution >= 0.6 is 0 Å². The van der Waals surface area contributed by atoms with Gasteiger partial charge in [0.2, 0.25) is 0 Å². The molecule has 0 heterocycles. The normalized spacial score (nSPS) is 16.4. The molecule has 11 heavy (non-hydrogen) atoms. The molecule has 2 atom stereocenters. The van der Waals surface area contributed by atoms with Gasteiger partial charge in [0.05, 0.1) is 6.10 Å². The lowest BCUT2D eigenvalue weighted by atomic mass is 10.2. The monoisotopic (exact) mass is 176 g/mol. The molecule has 0 aromatic heterocycles. The van der Waals surface area contributed by atoms with Gasteiger partial charge in [0.1, 0.15) is 0 Å². The molecule has 3 heteroatoms. The number of rotatable bonds is 6. The highest BCUT2D eigenvalue weighted by Crippen LogP contribution is 2.06. The maximum Gasteiger partial charge on any atom is 0.173 e. The largest absolute Gasteiger partial charge is 0.423 e. The Labute approximate surface area is 71.3 Å². The zero-order valence-electron chi connectivity index (χ0n) is 7.84. The molecule has 68 valence electrons. The maximum absolute atomic E-state index is 8.95. The van der Waals surface area contributed by atoms with E-state index in [4.69, 9.17) is 9.53 Å². The lowest BCUT2D eigenvalue weighted by Crippen LogP contribution is -2.09. The van der Waals surface area contributed by atoms with E-state index in [-0.39, 0.29) is 6.10 Å². The van der Waals surface area contributed by atoms with Crippen LogP contribution in [0.15, 0.2) is 0 Å². The lowest BCUT2D eigenvalue weighted by Gasteiger charge is -2.07. The first-order valence-electron chi connectivity index (χ1n) is 4.37. The van der Waals surface area contributed by atoms with Crippen LogP contribution in [0.3, 0.4) is 0 Å². The van der Waals surface area contributed by atoms with Crippen molar-refractivity contribution in [3.8, 4) is 0 Å². The average Bonchev–Trinajstić information content (AvgIpc) is 1.97. The van der Waals surface area contributed by atoms with Gasteiger partial charge in [-0.1, -0.05) is 12.8 Å². The van der Waals surface area contributed by atoms with Crippen LogP contribution in [0, 0.1) is 0 Å². The van der Waals surface area contributed by atoms with Gasteiger partial charge < -0.3 is 9.53 Å². The molecule has 0 aliphatic carbocycles. The summed E-state index contributed by atoms with van der Waals surface area (Å²) < 4.78 is 5.23. The van der Waals surface area contributed by atoms with Crippen LogP contribution in [0.2, 0.25) is 12.6 Å². The van der Waals surface area contributed by atoms with E-state index in [1.165, 1.54) is 12.5 Å². The Kier molecular flexibility index (Phi) is 6.91. The molecule has 0 fully saturated rings. The first-order valence-corrected chi connectivity index (χ1v) is 6.82. The molecule has 0 aromatic carbocycles. The van der Waals surface area contributed by atoms with Gasteiger partial charge in [-0.05, 0) is 25.9 Å². The van der Waals surface area contributed by atoms with Crippen LogP contribution in [0.1, 0.15) is 26.2 Å². The third-order valence-electron chi connectivity index (χ3n) is 1.88. The quantitative estimate of drug-likeness (QED) is 0.491. The first-order chi connectivity index (χ1) is 5.16. The average molecular weight is 176 g/mol. The van der Waals surface area contributed by atoms with E-state index in [9.17, 15) is 0 Å². The topological polar surface area (TPSA) is 29.5 Å². The van der Waals surface area contributed by atoms with Gasteiger partial charge in [-0.15, -0.1) is 0 Å². The van der Waals surface area contributed by atoms with Gasteiger partial charge in [-0.3, -0.25) is 0 Å². The molecular weight excluding hydrogens is 156 g/mol. The van der Waals surface area contributed by atoms with Crippen molar-refractivity contribution >= 4 is 9.04 Å². The molecule has 0 rings (SSSR count). The summed E-state index contributed by atoms with van der Waals surface area (Å²) in [6.07, 6.45) is 3.16. The van der Waals surface area contributed by atoms with E-state index >= 15 is 0 Å². The minimum atomic E-state index is -0.826. The molecule has 0 aliphatic heterocycles. The summed E-state index contributed by atoms with van der Waals surface area (Å²) in [6.45, 7) is 4.06. The molecule has 0 spiro atoms. The van der Waals surface area contributed by atoms with Crippen LogP contribution in [-0.4, -0.2) is 27.4 Å². The third kappa shape index (κ3) is 8.04. The van der Waals surface area contributed by atoms with Gasteiger partial charge in [0.15, 0.2) is 9.04 Å². The summed E-state index contributed by atoms with van der Waals surface area (Å²) in [6, 6.07) is 1.24. The van der Waals surface area contributed by atoms with Gasteiger partial charge >= 0.3 is 0 Å². The summed E-state index contributed by atoms with van der Waals surface area (Å²) in [7, 11) is 0.971. The molecule has 0 radical (unpaired) electrons.